The number of nitrogens with zero attached hydrogens (tertiary/aromatic N) is 5. The number of benzene rings is 1. The summed E-state index contributed by atoms with van der Waals surface area (Å²) in [6, 6.07) is 12.9. The highest BCUT2D eigenvalue weighted by molar-refractivity contribution is 6.19. The first-order valence-electron chi connectivity index (χ1n) is 11.3. The van der Waals surface area contributed by atoms with Gasteiger partial charge in [-0.3, -0.25) is 14.8 Å². The number of rotatable bonds is 4. The third-order valence-electron chi connectivity index (χ3n) is 6.20. The van der Waals surface area contributed by atoms with Crippen LogP contribution in [0.1, 0.15) is 29.0 Å². The van der Waals surface area contributed by atoms with E-state index in [9.17, 15) is 9.18 Å². The summed E-state index contributed by atoms with van der Waals surface area (Å²) in [4.78, 5) is 36.1. The van der Waals surface area contributed by atoms with Gasteiger partial charge in [0.25, 0.3) is 5.91 Å². The molecular weight excluding hydrogens is 461 g/mol. The minimum atomic E-state index is -0.762. The van der Waals surface area contributed by atoms with E-state index < -0.39 is 11.9 Å². The number of amides is 1. The van der Waals surface area contributed by atoms with Gasteiger partial charge in [0.15, 0.2) is 17.4 Å². The van der Waals surface area contributed by atoms with Crippen LogP contribution in [0, 0.1) is 5.82 Å². The Kier molecular flexibility index (Phi) is 5.25. The number of aromatic amines is 1. The molecule has 9 nitrogen and oxygen atoms in total. The molecular formula is C26H20FN7O2. The summed E-state index contributed by atoms with van der Waals surface area (Å²) in [7, 11) is 0. The number of fused-ring (bicyclic) bond motifs is 2. The van der Waals surface area contributed by atoms with Crippen molar-refractivity contribution in [3.05, 3.63) is 102 Å². The van der Waals surface area contributed by atoms with Crippen molar-refractivity contribution in [3.8, 4) is 11.3 Å². The third-order valence-corrected chi connectivity index (χ3v) is 6.20. The molecule has 0 saturated heterocycles. The Hall–Kier alpha value is -4.86. The molecule has 0 saturated carbocycles. The lowest BCUT2D eigenvalue weighted by atomic mass is 10.00. The van der Waals surface area contributed by atoms with Gasteiger partial charge in [0, 0.05) is 42.8 Å². The quantitative estimate of drug-likeness (QED) is 0.375. The number of nitrogens with one attached hydrogen (secondary N) is 1. The molecule has 0 bridgehead atoms. The zero-order valence-electron chi connectivity index (χ0n) is 18.9. The van der Waals surface area contributed by atoms with E-state index in [2.05, 4.69) is 24.9 Å². The van der Waals surface area contributed by atoms with Crippen LogP contribution < -0.4 is 5.73 Å². The molecule has 0 radical (unpaired) electrons. The maximum atomic E-state index is 14.4. The Morgan fingerprint density at radius 1 is 1.14 bits per heavy atom. The van der Waals surface area contributed by atoms with Crippen LogP contribution in [0.5, 0.6) is 0 Å². The molecule has 4 aromatic heterocycles. The molecule has 1 aromatic carbocycles. The highest BCUT2D eigenvalue weighted by Crippen LogP contribution is 2.36. The van der Waals surface area contributed by atoms with Gasteiger partial charge in [-0.2, -0.15) is 0 Å². The number of oxazole rings is 1. The van der Waals surface area contributed by atoms with Gasteiger partial charge in [-0.15, -0.1) is 0 Å². The SMILES string of the molecule is NC=C(C(=O)N1CCc2[nH]cnc2[C@H]1c1nc2c(F)cccc2o1)c1ccc(-c2ccccn2)cn1. The normalized spacial score (nSPS) is 15.8. The molecule has 178 valence electrons. The van der Waals surface area contributed by atoms with Gasteiger partial charge in [-0.25, -0.2) is 14.4 Å². The van der Waals surface area contributed by atoms with Gasteiger partial charge in [0.05, 0.1) is 29.0 Å². The molecule has 0 fully saturated rings. The number of pyridine rings is 2. The van der Waals surface area contributed by atoms with E-state index in [1.165, 1.54) is 12.3 Å². The molecule has 0 aliphatic carbocycles. The summed E-state index contributed by atoms with van der Waals surface area (Å²) in [6.45, 7) is 0.350. The molecule has 1 atom stereocenters. The summed E-state index contributed by atoms with van der Waals surface area (Å²) in [5.41, 5.74) is 9.99. The fourth-order valence-electron chi connectivity index (χ4n) is 4.45. The molecule has 3 N–H and O–H groups in total. The number of nitrogens with two attached hydrogens (primary N) is 1. The van der Waals surface area contributed by atoms with Crippen molar-refractivity contribution in [3.63, 3.8) is 0 Å². The molecule has 1 amide bonds. The van der Waals surface area contributed by atoms with Crippen molar-refractivity contribution in [1.29, 1.82) is 0 Å². The van der Waals surface area contributed by atoms with Crippen LogP contribution >= 0.6 is 0 Å². The van der Waals surface area contributed by atoms with Gasteiger partial charge >= 0.3 is 0 Å². The lowest BCUT2D eigenvalue weighted by Crippen LogP contribution is -2.41. The maximum Gasteiger partial charge on any atom is 0.258 e. The Labute approximate surface area is 204 Å². The molecule has 0 spiro atoms. The van der Waals surface area contributed by atoms with Gasteiger partial charge in [0.1, 0.15) is 5.52 Å². The predicted molar refractivity (Wildman–Crippen MR) is 129 cm³/mol. The first kappa shape index (κ1) is 21.7. The molecule has 1 aliphatic heterocycles. The van der Waals surface area contributed by atoms with Crippen LogP contribution in [0.15, 0.2) is 77.9 Å². The standard InChI is InChI=1S/C26H20FN7O2/c27-17-4-3-6-21-22(17)33-25(36-21)24-23-20(31-14-32-23)9-11-34(24)26(35)16(12-28)19-8-7-15(13-30-19)18-5-1-2-10-29-18/h1-8,10,12-14,24H,9,11,28H2,(H,31,32)/t24-/m0/s1. The van der Waals surface area contributed by atoms with Gasteiger partial charge in [0.2, 0.25) is 5.89 Å². The van der Waals surface area contributed by atoms with Crippen molar-refractivity contribution in [1.82, 2.24) is 29.8 Å². The number of H-pyrrole nitrogens is 1. The topological polar surface area (TPSA) is 127 Å². The van der Waals surface area contributed by atoms with E-state index in [-0.39, 0.29) is 22.9 Å². The minimum absolute atomic E-state index is 0.101. The maximum absolute atomic E-state index is 14.4. The van der Waals surface area contributed by atoms with Crippen LogP contribution in [-0.4, -0.2) is 42.3 Å². The Morgan fingerprint density at radius 2 is 2.06 bits per heavy atom. The number of halogens is 1. The van der Waals surface area contributed by atoms with Gasteiger partial charge in [-0.1, -0.05) is 12.1 Å². The second-order valence-electron chi connectivity index (χ2n) is 8.28. The monoisotopic (exact) mass is 481 g/mol. The number of carbonyl (C=O) groups excluding carboxylic acids is 1. The largest absolute Gasteiger partial charge is 0.438 e. The predicted octanol–water partition coefficient (Wildman–Crippen LogP) is 3.62. The van der Waals surface area contributed by atoms with Crippen molar-refractivity contribution in [2.24, 2.45) is 5.73 Å². The first-order chi connectivity index (χ1) is 17.6. The number of hydrogen-bond acceptors (Lipinski definition) is 7. The number of para-hydroxylation sites is 1. The van der Waals surface area contributed by atoms with Crippen LogP contribution in [0.25, 0.3) is 27.9 Å². The number of carbonyl (C=O) groups is 1. The van der Waals surface area contributed by atoms with Crippen molar-refractivity contribution < 1.29 is 13.6 Å². The Morgan fingerprint density at radius 3 is 2.81 bits per heavy atom. The fraction of sp³-hybridized carbons (Fsp3) is 0.115. The average Bonchev–Trinajstić information content (AvgIpc) is 3.57. The summed E-state index contributed by atoms with van der Waals surface area (Å²) in [6.07, 6.45) is 6.71. The van der Waals surface area contributed by atoms with Crippen LogP contribution in [0.3, 0.4) is 0 Å². The number of aromatic nitrogens is 5. The van der Waals surface area contributed by atoms with Crippen LogP contribution in [-0.2, 0) is 11.2 Å². The number of imidazole rings is 1. The van der Waals surface area contributed by atoms with Crippen molar-refractivity contribution >= 4 is 22.6 Å². The smallest absolute Gasteiger partial charge is 0.258 e. The third kappa shape index (κ3) is 3.59. The highest BCUT2D eigenvalue weighted by atomic mass is 19.1. The molecule has 36 heavy (non-hydrogen) atoms. The van der Waals surface area contributed by atoms with Crippen LogP contribution in [0.2, 0.25) is 0 Å². The van der Waals surface area contributed by atoms with Crippen LogP contribution in [0.4, 0.5) is 4.39 Å². The Bertz CT molecular complexity index is 1590. The summed E-state index contributed by atoms with van der Waals surface area (Å²) in [5.74, 6) is -0.693. The van der Waals surface area contributed by atoms with E-state index >= 15 is 0 Å². The lowest BCUT2D eigenvalue weighted by molar-refractivity contribution is -0.127. The molecule has 1 aliphatic rings. The van der Waals surface area contributed by atoms with Gasteiger partial charge in [-0.05, 0) is 36.4 Å². The zero-order valence-corrected chi connectivity index (χ0v) is 18.9. The number of hydrogen-bond donors (Lipinski definition) is 2. The average molecular weight is 481 g/mol. The van der Waals surface area contributed by atoms with Crippen molar-refractivity contribution in [2.45, 2.75) is 12.5 Å². The van der Waals surface area contributed by atoms with Gasteiger partial charge < -0.3 is 20.0 Å². The summed E-state index contributed by atoms with van der Waals surface area (Å²) in [5, 5.41) is 0. The lowest BCUT2D eigenvalue weighted by Gasteiger charge is -2.33. The fourth-order valence-corrected chi connectivity index (χ4v) is 4.45. The molecule has 10 heteroatoms. The van der Waals surface area contributed by atoms with E-state index in [1.807, 2.05) is 24.3 Å². The second kappa shape index (κ2) is 8.73. The zero-order chi connectivity index (χ0) is 24.6. The molecule has 0 unspecified atom stereocenters. The molecule has 5 heterocycles. The minimum Gasteiger partial charge on any atom is -0.438 e. The van der Waals surface area contributed by atoms with E-state index in [4.69, 9.17) is 10.2 Å². The van der Waals surface area contributed by atoms with E-state index in [1.54, 1.807) is 41.8 Å². The summed E-state index contributed by atoms with van der Waals surface area (Å²) >= 11 is 0. The Balaban J connectivity index is 1.37. The molecule has 6 rings (SSSR count). The van der Waals surface area contributed by atoms with E-state index in [0.717, 1.165) is 17.0 Å². The second-order valence-corrected chi connectivity index (χ2v) is 8.28. The summed E-state index contributed by atoms with van der Waals surface area (Å²) < 4.78 is 20.3. The van der Waals surface area contributed by atoms with Crippen molar-refractivity contribution in [2.75, 3.05) is 6.54 Å². The van der Waals surface area contributed by atoms with E-state index in [0.29, 0.717) is 29.9 Å². The highest BCUT2D eigenvalue weighted by Gasteiger charge is 2.39. The molecule has 5 aromatic rings. The first-order valence-corrected chi connectivity index (χ1v) is 11.3.